The van der Waals surface area contributed by atoms with Crippen LogP contribution in [-0.2, 0) is 13.0 Å². The Hall–Kier alpha value is -4.84. The number of benzene rings is 3. The van der Waals surface area contributed by atoms with Crippen LogP contribution < -0.4 is 15.2 Å². The molecule has 1 aromatic heterocycles. The smallest absolute Gasteiger partial charge is 0.278 e. The average molecular weight is 560 g/mol. The minimum Gasteiger partial charge on any atom is -0.482 e. The van der Waals surface area contributed by atoms with Crippen molar-refractivity contribution in [3.63, 3.8) is 0 Å². The first kappa shape index (κ1) is 28.7. The summed E-state index contributed by atoms with van der Waals surface area (Å²) in [4.78, 5) is 29.4. The van der Waals surface area contributed by atoms with Gasteiger partial charge in [0.25, 0.3) is 5.91 Å². The Morgan fingerprint density at radius 1 is 0.881 bits per heavy atom. The molecule has 2 unspecified atom stereocenters. The fourth-order valence-electron chi connectivity index (χ4n) is 5.56. The van der Waals surface area contributed by atoms with Gasteiger partial charge in [-0.3, -0.25) is 19.3 Å². The summed E-state index contributed by atoms with van der Waals surface area (Å²) in [6.45, 7) is 10.4. The molecule has 214 valence electrons. The molecular formula is C36H37N3O3. The number of hydrogen-bond acceptors (Lipinski definition) is 4. The van der Waals surface area contributed by atoms with Gasteiger partial charge < -0.3 is 9.64 Å². The fourth-order valence-corrected chi connectivity index (χ4v) is 5.56. The Morgan fingerprint density at radius 2 is 1.57 bits per heavy atom. The van der Waals surface area contributed by atoms with Crippen LogP contribution in [0.5, 0.6) is 5.75 Å². The Balaban J connectivity index is 1.70. The van der Waals surface area contributed by atoms with Gasteiger partial charge in [0, 0.05) is 18.3 Å². The summed E-state index contributed by atoms with van der Waals surface area (Å²) in [7, 11) is 0. The molecule has 0 radical (unpaired) electrons. The molecule has 1 aliphatic heterocycles. The van der Waals surface area contributed by atoms with E-state index in [2.05, 4.69) is 42.4 Å². The molecule has 0 aliphatic carbocycles. The van der Waals surface area contributed by atoms with Gasteiger partial charge in [0.05, 0.1) is 6.04 Å². The number of aromatic nitrogens is 1. The van der Waals surface area contributed by atoms with Crippen LogP contribution in [-0.4, -0.2) is 28.2 Å². The van der Waals surface area contributed by atoms with Gasteiger partial charge >= 0.3 is 0 Å². The summed E-state index contributed by atoms with van der Waals surface area (Å²) in [5, 5.41) is 2.16. The van der Waals surface area contributed by atoms with Crippen molar-refractivity contribution >= 4 is 5.91 Å². The first-order chi connectivity index (χ1) is 20.5. The number of nitrogens with zero attached hydrogens (tertiary/aromatic N) is 3. The summed E-state index contributed by atoms with van der Waals surface area (Å²) in [5.41, 5.74) is 4.14. The van der Waals surface area contributed by atoms with E-state index in [1.54, 1.807) is 6.20 Å². The normalized spacial score (nSPS) is 14.2. The number of fused-ring (bicyclic) bond motifs is 1. The highest BCUT2D eigenvalue weighted by molar-refractivity contribution is 5.96. The van der Waals surface area contributed by atoms with Gasteiger partial charge in [-0.15, -0.1) is 13.2 Å². The molecule has 0 spiro atoms. The summed E-state index contributed by atoms with van der Waals surface area (Å²) < 4.78 is 7.99. The molecule has 5 rings (SSSR count). The average Bonchev–Trinajstić information content (AvgIpc) is 3.02. The summed E-state index contributed by atoms with van der Waals surface area (Å²) in [6, 6.07) is 29.4. The maximum atomic E-state index is 14.2. The van der Waals surface area contributed by atoms with E-state index >= 15 is 0 Å². The van der Waals surface area contributed by atoms with Crippen LogP contribution in [0.3, 0.4) is 0 Å². The molecule has 0 bridgehead atoms. The molecule has 0 saturated carbocycles. The van der Waals surface area contributed by atoms with E-state index in [0.717, 1.165) is 35.1 Å². The van der Waals surface area contributed by atoms with Crippen LogP contribution in [0.15, 0.2) is 127 Å². The van der Waals surface area contributed by atoms with Gasteiger partial charge in [-0.05, 0) is 48.4 Å². The van der Waals surface area contributed by atoms with Crippen molar-refractivity contribution in [1.82, 2.24) is 9.58 Å². The molecule has 6 heteroatoms. The lowest BCUT2D eigenvalue weighted by Gasteiger charge is -2.46. The van der Waals surface area contributed by atoms with Gasteiger partial charge in [0.2, 0.25) is 5.43 Å². The predicted octanol–water partition coefficient (Wildman–Crippen LogP) is 6.65. The van der Waals surface area contributed by atoms with Crippen LogP contribution in [0, 0.1) is 0 Å². The highest BCUT2D eigenvalue weighted by Gasteiger charge is 2.39. The first-order valence-corrected chi connectivity index (χ1v) is 14.4. The third-order valence-electron chi connectivity index (χ3n) is 7.75. The largest absolute Gasteiger partial charge is 0.482 e. The number of carbonyl (C=O) groups excluding carboxylic acids is 1. The third kappa shape index (κ3) is 5.93. The third-order valence-corrected chi connectivity index (χ3v) is 7.75. The molecule has 3 aromatic carbocycles. The summed E-state index contributed by atoms with van der Waals surface area (Å²) in [5.74, 6) is -0.169. The first-order valence-electron chi connectivity index (χ1n) is 14.4. The molecular weight excluding hydrogens is 522 g/mol. The molecule has 0 N–H and O–H groups in total. The Morgan fingerprint density at radius 3 is 2.29 bits per heavy atom. The number of amides is 1. The standard InChI is InChI=1S/C36H37N3O3/c1-4-6-16-27(3)37-26-39(33(30-20-11-8-12-21-30)31-22-14-13-19-29(31)15-5-2)38-24-23-32(40)35(34(38)36(37)41)42-25-28-17-9-7-10-18-28/h4-5,7-14,17-24,27,33H,1-2,6,15-16,25-26H2,3H3. The van der Waals surface area contributed by atoms with Gasteiger partial charge in [0.15, 0.2) is 11.4 Å². The number of hydrogen-bond donors (Lipinski definition) is 0. The zero-order chi connectivity index (χ0) is 29.5. The second kappa shape index (κ2) is 13.2. The van der Waals surface area contributed by atoms with E-state index in [0.29, 0.717) is 13.1 Å². The van der Waals surface area contributed by atoms with Crippen molar-refractivity contribution in [3.8, 4) is 5.75 Å². The Labute approximate surface area is 247 Å². The molecule has 4 aromatic rings. The van der Waals surface area contributed by atoms with Crippen molar-refractivity contribution in [2.24, 2.45) is 0 Å². The summed E-state index contributed by atoms with van der Waals surface area (Å²) >= 11 is 0. The van der Waals surface area contributed by atoms with Crippen molar-refractivity contribution < 1.29 is 9.53 Å². The highest BCUT2D eigenvalue weighted by Crippen LogP contribution is 2.35. The number of pyridine rings is 1. The molecule has 0 fully saturated rings. The van der Waals surface area contributed by atoms with Crippen LogP contribution in [0.1, 0.15) is 58.5 Å². The highest BCUT2D eigenvalue weighted by atomic mass is 16.5. The number of ether oxygens (including phenoxy) is 1. The molecule has 42 heavy (non-hydrogen) atoms. The second-order valence-corrected chi connectivity index (χ2v) is 10.6. The van der Waals surface area contributed by atoms with Gasteiger partial charge in [-0.2, -0.15) is 0 Å². The minimum atomic E-state index is -0.325. The zero-order valence-corrected chi connectivity index (χ0v) is 24.1. The maximum Gasteiger partial charge on any atom is 0.278 e. The molecule has 0 saturated heterocycles. The van der Waals surface area contributed by atoms with E-state index in [9.17, 15) is 9.59 Å². The zero-order valence-electron chi connectivity index (χ0n) is 24.1. The van der Waals surface area contributed by atoms with E-state index < -0.39 is 0 Å². The van der Waals surface area contributed by atoms with Crippen LogP contribution in [0.2, 0.25) is 0 Å². The topological polar surface area (TPSA) is 54.8 Å². The molecule has 6 nitrogen and oxygen atoms in total. The van der Waals surface area contributed by atoms with E-state index in [1.165, 1.54) is 6.07 Å². The Bertz CT molecular complexity index is 1600. The SMILES string of the molecule is C=CCCC(C)N1CN(C(c2ccccc2)c2ccccc2CC=C)n2ccc(=O)c(OCc3ccccc3)c2C1=O. The number of rotatable bonds is 12. The van der Waals surface area contributed by atoms with Crippen LogP contribution in [0.4, 0.5) is 0 Å². The van der Waals surface area contributed by atoms with Gasteiger partial charge in [0.1, 0.15) is 13.3 Å². The minimum absolute atomic E-state index is 0.0585. The summed E-state index contributed by atoms with van der Waals surface area (Å²) in [6.07, 6.45) is 7.70. The van der Waals surface area contributed by atoms with Crippen molar-refractivity contribution in [3.05, 3.63) is 161 Å². The van der Waals surface area contributed by atoms with Crippen molar-refractivity contribution in [2.45, 2.75) is 44.9 Å². The molecule has 1 amide bonds. The molecule has 2 heterocycles. The number of allylic oxidation sites excluding steroid dienone is 2. The predicted molar refractivity (Wildman–Crippen MR) is 168 cm³/mol. The second-order valence-electron chi connectivity index (χ2n) is 10.6. The number of carbonyl (C=O) groups is 1. The lowest BCUT2D eigenvalue weighted by molar-refractivity contribution is 0.0594. The van der Waals surface area contributed by atoms with Crippen molar-refractivity contribution in [1.29, 1.82) is 0 Å². The molecule has 1 aliphatic rings. The van der Waals surface area contributed by atoms with E-state index in [4.69, 9.17) is 4.74 Å². The quantitative estimate of drug-likeness (QED) is 0.182. The lowest BCUT2D eigenvalue weighted by Crippen LogP contribution is -2.58. The van der Waals surface area contributed by atoms with Gasteiger partial charge in [-0.25, -0.2) is 0 Å². The van der Waals surface area contributed by atoms with E-state index in [1.807, 2.05) is 89.3 Å². The maximum absolute atomic E-state index is 14.2. The van der Waals surface area contributed by atoms with E-state index in [-0.39, 0.29) is 41.5 Å². The van der Waals surface area contributed by atoms with Gasteiger partial charge in [-0.1, -0.05) is 97.1 Å². The molecule has 2 atom stereocenters. The van der Waals surface area contributed by atoms with Crippen molar-refractivity contribution in [2.75, 3.05) is 11.7 Å². The lowest BCUT2D eigenvalue weighted by atomic mass is 9.92. The monoisotopic (exact) mass is 559 g/mol. The van der Waals surface area contributed by atoms with Crippen LogP contribution >= 0.6 is 0 Å². The van der Waals surface area contributed by atoms with Crippen LogP contribution in [0.25, 0.3) is 0 Å². The Kier molecular flexibility index (Phi) is 9.02. The fraction of sp³-hybridized carbons (Fsp3) is 0.222.